The lowest BCUT2D eigenvalue weighted by molar-refractivity contribution is -0.134. The third-order valence-electron chi connectivity index (χ3n) is 4.60. The van der Waals surface area contributed by atoms with E-state index in [0.29, 0.717) is 21.6 Å². The number of carbonyl (C=O) groups is 1. The van der Waals surface area contributed by atoms with Crippen molar-refractivity contribution >= 4 is 44.3 Å². The number of carboxylic acids is 1. The van der Waals surface area contributed by atoms with E-state index < -0.39 is 44.6 Å². The fourth-order valence-corrected chi connectivity index (χ4v) is 4.68. The maximum Gasteiger partial charge on any atom is 0.318 e. The Morgan fingerprint density at radius 3 is 2.68 bits per heavy atom. The Kier molecular flexibility index (Phi) is 6.19. The van der Waals surface area contributed by atoms with E-state index in [1.54, 1.807) is 33.0 Å². The molecule has 0 radical (unpaired) electrons. The highest BCUT2D eigenvalue weighted by molar-refractivity contribution is 7.92. The first-order valence-corrected chi connectivity index (χ1v) is 11.4. The summed E-state index contributed by atoms with van der Waals surface area (Å²) in [6, 6.07) is 0.861. The van der Waals surface area contributed by atoms with Crippen molar-refractivity contribution in [3.05, 3.63) is 35.5 Å². The predicted octanol–water partition coefficient (Wildman–Crippen LogP) is 3.14. The highest BCUT2D eigenvalue weighted by Crippen LogP contribution is 2.30. The SMILES string of the molecule is CC(C)(C)[C@@H](CS(=O)(=O)CC(=O)O)Nc1nc(-c2c[nH]c3ncc(Cl)cc23)ncc1F. The van der Waals surface area contributed by atoms with Gasteiger partial charge in [0, 0.05) is 29.4 Å². The van der Waals surface area contributed by atoms with E-state index in [1.807, 2.05) is 0 Å². The van der Waals surface area contributed by atoms with Crippen LogP contribution in [0.5, 0.6) is 0 Å². The Morgan fingerprint density at radius 2 is 2.03 bits per heavy atom. The molecule has 0 aromatic carbocycles. The fourth-order valence-electron chi connectivity index (χ4n) is 2.94. The second-order valence-electron chi connectivity index (χ2n) is 8.15. The maximum absolute atomic E-state index is 14.5. The van der Waals surface area contributed by atoms with Gasteiger partial charge in [-0.15, -0.1) is 0 Å². The van der Waals surface area contributed by atoms with Gasteiger partial charge in [0.15, 0.2) is 27.3 Å². The van der Waals surface area contributed by atoms with Crippen LogP contribution in [-0.4, -0.2) is 57.0 Å². The molecule has 0 unspecified atom stereocenters. The molecule has 0 bridgehead atoms. The lowest BCUT2D eigenvalue weighted by Crippen LogP contribution is -2.41. The van der Waals surface area contributed by atoms with Crippen LogP contribution in [0, 0.1) is 11.2 Å². The van der Waals surface area contributed by atoms with E-state index in [9.17, 15) is 17.6 Å². The smallest absolute Gasteiger partial charge is 0.318 e. The van der Waals surface area contributed by atoms with Crippen LogP contribution in [0.4, 0.5) is 10.2 Å². The molecular formula is C19H21ClFN5O4S. The second-order valence-corrected chi connectivity index (χ2v) is 10.7. The Morgan fingerprint density at radius 1 is 1.32 bits per heavy atom. The molecule has 0 aliphatic rings. The molecule has 3 N–H and O–H groups in total. The van der Waals surface area contributed by atoms with E-state index in [1.165, 1.54) is 6.20 Å². The summed E-state index contributed by atoms with van der Waals surface area (Å²) in [4.78, 5) is 26.3. The molecule has 166 valence electrons. The van der Waals surface area contributed by atoms with Crippen molar-refractivity contribution in [1.29, 1.82) is 0 Å². The number of hydrogen-bond acceptors (Lipinski definition) is 7. The first kappa shape index (κ1) is 22.9. The monoisotopic (exact) mass is 469 g/mol. The van der Waals surface area contributed by atoms with Crippen LogP contribution in [0.3, 0.4) is 0 Å². The highest BCUT2D eigenvalue weighted by Gasteiger charge is 2.32. The summed E-state index contributed by atoms with van der Waals surface area (Å²) in [7, 11) is -3.94. The van der Waals surface area contributed by atoms with E-state index in [0.717, 1.165) is 6.20 Å². The minimum atomic E-state index is -3.94. The van der Waals surface area contributed by atoms with Crippen molar-refractivity contribution in [1.82, 2.24) is 19.9 Å². The lowest BCUT2D eigenvalue weighted by Gasteiger charge is -2.31. The van der Waals surface area contributed by atoms with E-state index in [-0.39, 0.29) is 11.6 Å². The molecule has 0 saturated heterocycles. The zero-order chi connectivity index (χ0) is 23.0. The molecule has 9 nitrogen and oxygen atoms in total. The second kappa shape index (κ2) is 8.39. The number of nitrogens with zero attached hydrogens (tertiary/aromatic N) is 3. The molecule has 0 aliphatic heterocycles. The van der Waals surface area contributed by atoms with Crippen LogP contribution < -0.4 is 5.32 Å². The van der Waals surface area contributed by atoms with Gasteiger partial charge >= 0.3 is 5.97 Å². The number of rotatable bonds is 7. The molecule has 3 heterocycles. The molecule has 3 aromatic heterocycles. The highest BCUT2D eigenvalue weighted by atomic mass is 35.5. The van der Waals surface area contributed by atoms with Crippen molar-refractivity contribution < 1.29 is 22.7 Å². The van der Waals surface area contributed by atoms with Crippen molar-refractivity contribution in [3.63, 3.8) is 0 Å². The fraction of sp³-hybridized carbons (Fsp3) is 0.368. The molecule has 1 atom stereocenters. The van der Waals surface area contributed by atoms with Gasteiger partial charge in [-0.2, -0.15) is 0 Å². The van der Waals surface area contributed by atoms with Crippen molar-refractivity contribution in [2.24, 2.45) is 5.41 Å². The number of halogens is 2. The molecule has 3 rings (SSSR count). The van der Waals surface area contributed by atoms with Gasteiger partial charge in [0.05, 0.1) is 17.0 Å². The quantitative estimate of drug-likeness (QED) is 0.479. The van der Waals surface area contributed by atoms with Crippen LogP contribution in [0.2, 0.25) is 5.02 Å². The summed E-state index contributed by atoms with van der Waals surface area (Å²) in [5.74, 6) is -3.75. The number of sulfone groups is 1. The van der Waals surface area contributed by atoms with Crippen molar-refractivity contribution in [2.75, 3.05) is 16.8 Å². The Labute approximate surface area is 183 Å². The maximum atomic E-state index is 14.5. The topological polar surface area (TPSA) is 138 Å². The molecular weight excluding hydrogens is 449 g/mol. The average Bonchev–Trinajstić information content (AvgIpc) is 3.03. The summed E-state index contributed by atoms with van der Waals surface area (Å²) in [6.45, 7) is 5.27. The number of hydrogen-bond donors (Lipinski definition) is 3. The van der Waals surface area contributed by atoms with Crippen LogP contribution in [0.1, 0.15) is 20.8 Å². The number of H-pyrrole nitrogens is 1. The van der Waals surface area contributed by atoms with Gasteiger partial charge in [0.2, 0.25) is 0 Å². The lowest BCUT2D eigenvalue weighted by atomic mass is 9.88. The summed E-state index contributed by atoms with van der Waals surface area (Å²) in [5, 5.41) is 12.7. The zero-order valence-electron chi connectivity index (χ0n) is 17.0. The van der Waals surface area contributed by atoms with Gasteiger partial charge in [-0.3, -0.25) is 4.79 Å². The predicted molar refractivity (Wildman–Crippen MR) is 115 cm³/mol. The number of aromatic amines is 1. The van der Waals surface area contributed by atoms with Gasteiger partial charge in [0.1, 0.15) is 11.4 Å². The van der Waals surface area contributed by atoms with Crippen LogP contribution in [0.25, 0.3) is 22.4 Å². The number of anilines is 1. The Bertz CT molecular complexity index is 1240. The minimum Gasteiger partial charge on any atom is -0.480 e. The molecule has 0 spiro atoms. The minimum absolute atomic E-state index is 0.181. The van der Waals surface area contributed by atoms with Gasteiger partial charge in [-0.05, 0) is 11.5 Å². The Hall–Kier alpha value is -2.79. The third-order valence-corrected chi connectivity index (χ3v) is 6.34. The van der Waals surface area contributed by atoms with Gasteiger partial charge in [0.25, 0.3) is 0 Å². The van der Waals surface area contributed by atoms with Crippen LogP contribution >= 0.6 is 11.6 Å². The average molecular weight is 470 g/mol. The number of pyridine rings is 1. The van der Waals surface area contributed by atoms with Gasteiger partial charge < -0.3 is 15.4 Å². The summed E-state index contributed by atoms with van der Waals surface area (Å²) < 4.78 is 39.0. The van der Waals surface area contributed by atoms with E-state index >= 15 is 0 Å². The number of carboxylic acid groups (broad SMARTS) is 1. The first-order valence-electron chi connectivity index (χ1n) is 9.20. The van der Waals surface area contributed by atoms with E-state index in [2.05, 4.69) is 25.3 Å². The molecule has 0 saturated carbocycles. The van der Waals surface area contributed by atoms with Crippen molar-refractivity contribution in [2.45, 2.75) is 26.8 Å². The number of aromatic nitrogens is 4. The largest absolute Gasteiger partial charge is 0.480 e. The standard InChI is InChI=1S/C19H21ClFN5O4S/c1-19(2,3)14(8-31(29,30)9-15(27)28)25-18-13(21)7-24-17(26-18)12-6-23-16-11(12)4-10(20)5-22-16/h4-7,14H,8-9H2,1-3H3,(H,22,23)(H,27,28)(H,24,25,26)/t14-/m1/s1. The Balaban J connectivity index is 1.98. The van der Waals surface area contributed by atoms with Crippen LogP contribution in [-0.2, 0) is 14.6 Å². The normalized spacial score (nSPS) is 13.3. The number of nitrogens with one attached hydrogen (secondary N) is 2. The summed E-state index contributed by atoms with van der Waals surface area (Å²) >= 11 is 6.02. The van der Waals surface area contributed by atoms with Crippen LogP contribution in [0.15, 0.2) is 24.7 Å². The molecule has 0 fully saturated rings. The molecule has 0 aliphatic carbocycles. The zero-order valence-corrected chi connectivity index (χ0v) is 18.6. The van der Waals surface area contributed by atoms with Gasteiger partial charge in [-0.25, -0.2) is 27.8 Å². The van der Waals surface area contributed by atoms with Crippen molar-refractivity contribution in [3.8, 4) is 11.4 Å². The summed E-state index contributed by atoms with van der Waals surface area (Å²) in [6.07, 6.45) is 4.07. The first-order chi connectivity index (χ1) is 14.4. The molecule has 3 aromatic rings. The number of fused-ring (bicyclic) bond motifs is 1. The number of aliphatic carboxylic acids is 1. The molecule has 31 heavy (non-hydrogen) atoms. The molecule has 0 amide bonds. The summed E-state index contributed by atoms with van der Waals surface area (Å²) in [5.41, 5.74) is 0.439. The van der Waals surface area contributed by atoms with E-state index in [4.69, 9.17) is 16.7 Å². The van der Waals surface area contributed by atoms with Gasteiger partial charge in [-0.1, -0.05) is 32.4 Å². The third kappa shape index (κ3) is 5.47. The molecule has 12 heteroatoms.